The number of aromatic nitrogens is 4. The van der Waals surface area contributed by atoms with Crippen LogP contribution in [0.5, 0.6) is 23.0 Å². The fraction of sp³-hybridized carbons (Fsp3) is 0.250. The Hall–Kier alpha value is -3.33. The van der Waals surface area contributed by atoms with Gasteiger partial charge in [-0.2, -0.15) is 9.61 Å². The van der Waals surface area contributed by atoms with E-state index < -0.39 is 0 Å². The molecule has 148 valence electrons. The summed E-state index contributed by atoms with van der Waals surface area (Å²) < 4.78 is 24.3. The molecule has 1 aliphatic heterocycles. The highest BCUT2D eigenvalue weighted by Crippen LogP contribution is 2.37. The van der Waals surface area contributed by atoms with Crippen molar-refractivity contribution in [1.82, 2.24) is 19.8 Å². The smallest absolute Gasteiger partial charge is 0.234 e. The van der Waals surface area contributed by atoms with E-state index in [1.54, 1.807) is 18.7 Å². The molecule has 9 heteroatoms. The lowest BCUT2D eigenvalue weighted by atomic mass is 10.1. The molecule has 0 radical (unpaired) electrons. The first-order valence-electron chi connectivity index (χ1n) is 9.05. The van der Waals surface area contributed by atoms with Gasteiger partial charge in [-0.1, -0.05) is 29.5 Å². The molecule has 0 saturated carbocycles. The van der Waals surface area contributed by atoms with Gasteiger partial charge in [-0.25, -0.2) is 0 Å². The molecule has 1 unspecified atom stereocenters. The lowest BCUT2D eigenvalue weighted by Crippen LogP contribution is -2.21. The second-order valence-electron chi connectivity index (χ2n) is 6.48. The van der Waals surface area contributed by atoms with E-state index in [0.29, 0.717) is 24.5 Å². The van der Waals surface area contributed by atoms with Crippen LogP contribution in [0.2, 0.25) is 0 Å². The van der Waals surface area contributed by atoms with E-state index in [9.17, 15) is 0 Å². The lowest BCUT2D eigenvalue weighted by molar-refractivity contribution is 0.0904. The molecule has 5 rings (SSSR count). The van der Waals surface area contributed by atoms with Crippen LogP contribution in [-0.2, 0) is 6.42 Å². The van der Waals surface area contributed by atoms with Gasteiger partial charge in [-0.3, -0.25) is 0 Å². The molecule has 2 aromatic heterocycles. The Morgan fingerprint density at radius 3 is 2.72 bits per heavy atom. The Labute approximate surface area is 170 Å². The molecular weight excluding hydrogens is 392 g/mol. The van der Waals surface area contributed by atoms with E-state index in [0.717, 1.165) is 32.9 Å². The average molecular weight is 410 g/mol. The monoisotopic (exact) mass is 410 g/mol. The molecule has 0 spiro atoms. The van der Waals surface area contributed by atoms with Crippen LogP contribution in [0, 0.1) is 0 Å². The Bertz CT molecular complexity index is 1170. The van der Waals surface area contributed by atoms with Crippen molar-refractivity contribution in [3.8, 4) is 23.0 Å². The SMILES string of the molecule is COc1ccc(Cc2nnc3sc(C4COc5ccccc5O4)nn23)cc1OC. The molecule has 0 fully saturated rings. The van der Waals surface area contributed by atoms with Crippen LogP contribution >= 0.6 is 11.3 Å². The van der Waals surface area contributed by atoms with Gasteiger partial charge in [0, 0.05) is 6.42 Å². The van der Waals surface area contributed by atoms with Crippen molar-refractivity contribution in [2.45, 2.75) is 12.5 Å². The van der Waals surface area contributed by atoms with Gasteiger partial charge in [0.15, 0.2) is 39.9 Å². The number of para-hydroxylation sites is 2. The fourth-order valence-corrected chi connectivity index (χ4v) is 4.10. The highest BCUT2D eigenvalue weighted by Gasteiger charge is 2.26. The molecule has 2 aromatic carbocycles. The highest BCUT2D eigenvalue weighted by molar-refractivity contribution is 7.16. The van der Waals surface area contributed by atoms with E-state index >= 15 is 0 Å². The van der Waals surface area contributed by atoms with Crippen molar-refractivity contribution in [3.05, 3.63) is 58.9 Å². The summed E-state index contributed by atoms with van der Waals surface area (Å²) in [6.45, 7) is 0.409. The summed E-state index contributed by atoms with van der Waals surface area (Å²) in [6.07, 6.45) is 0.292. The third kappa shape index (κ3) is 3.23. The normalized spacial score (nSPS) is 15.4. The van der Waals surface area contributed by atoms with E-state index in [1.165, 1.54) is 11.3 Å². The van der Waals surface area contributed by atoms with Crippen LogP contribution < -0.4 is 18.9 Å². The maximum atomic E-state index is 6.06. The largest absolute Gasteiger partial charge is 0.493 e. The third-order valence-corrected chi connectivity index (χ3v) is 5.66. The number of rotatable bonds is 5. The number of hydrogen-bond acceptors (Lipinski definition) is 8. The topological polar surface area (TPSA) is 80.0 Å². The standard InChI is InChI=1S/C20H18N4O4S/c1-25-13-8-7-12(9-16(13)26-2)10-18-21-22-20-24(18)23-19(29-20)17-11-27-14-5-3-4-6-15(14)28-17/h3-9,17H,10-11H2,1-2H3. The average Bonchev–Trinajstić information content (AvgIpc) is 3.35. The van der Waals surface area contributed by atoms with E-state index in [1.807, 2.05) is 42.5 Å². The molecule has 0 amide bonds. The van der Waals surface area contributed by atoms with Crippen LogP contribution in [0.4, 0.5) is 0 Å². The summed E-state index contributed by atoms with van der Waals surface area (Å²) in [6, 6.07) is 13.4. The van der Waals surface area contributed by atoms with Crippen molar-refractivity contribution in [2.75, 3.05) is 20.8 Å². The predicted molar refractivity (Wildman–Crippen MR) is 106 cm³/mol. The second-order valence-corrected chi connectivity index (χ2v) is 7.47. The van der Waals surface area contributed by atoms with Crippen LogP contribution in [0.3, 0.4) is 0 Å². The Morgan fingerprint density at radius 2 is 1.90 bits per heavy atom. The number of benzene rings is 2. The summed E-state index contributed by atoms with van der Waals surface area (Å²) >= 11 is 1.45. The first-order valence-corrected chi connectivity index (χ1v) is 9.87. The van der Waals surface area contributed by atoms with Crippen molar-refractivity contribution >= 4 is 16.3 Å². The van der Waals surface area contributed by atoms with E-state index in [2.05, 4.69) is 10.2 Å². The van der Waals surface area contributed by atoms with Gasteiger partial charge in [0.05, 0.1) is 14.2 Å². The molecule has 29 heavy (non-hydrogen) atoms. The maximum absolute atomic E-state index is 6.06. The summed E-state index contributed by atoms with van der Waals surface area (Å²) in [4.78, 5) is 0.720. The summed E-state index contributed by atoms with van der Waals surface area (Å²) in [5.74, 6) is 3.58. The summed E-state index contributed by atoms with van der Waals surface area (Å²) in [7, 11) is 3.24. The van der Waals surface area contributed by atoms with Crippen molar-refractivity contribution < 1.29 is 18.9 Å². The molecule has 4 aromatic rings. The molecule has 0 aliphatic carbocycles. The molecule has 0 saturated heterocycles. The molecular formula is C20H18N4O4S. The van der Waals surface area contributed by atoms with Crippen LogP contribution in [0.25, 0.3) is 4.96 Å². The first kappa shape index (κ1) is 17.7. The minimum absolute atomic E-state index is 0.273. The number of ether oxygens (including phenoxy) is 4. The van der Waals surface area contributed by atoms with Crippen LogP contribution in [-0.4, -0.2) is 40.6 Å². The zero-order valence-electron chi connectivity index (χ0n) is 15.9. The Kier molecular flexibility index (Phi) is 4.44. The van der Waals surface area contributed by atoms with Crippen LogP contribution in [0.1, 0.15) is 22.5 Å². The second kappa shape index (κ2) is 7.25. The predicted octanol–water partition coefficient (Wildman–Crippen LogP) is 3.31. The Morgan fingerprint density at radius 1 is 1.07 bits per heavy atom. The fourth-order valence-electron chi connectivity index (χ4n) is 3.23. The minimum atomic E-state index is -0.273. The molecule has 1 atom stereocenters. The highest BCUT2D eigenvalue weighted by atomic mass is 32.1. The zero-order chi connectivity index (χ0) is 19.8. The number of fused-ring (bicyclic) bond motifs is 2. The van der Waals surface area contributed by atoms with Crippen molar-refractivity contribution in [2.24, 2.45) is 0 Å². The van der Waals surface area contributed by atoms with Gasteiger partial charge in [0.1, 0.15) is 6.61 Å². The molecule has 1 aliphatic rings. The summed E-state index contributed by atoms with van der Waals surface area (Å²) in [5.41, 5.74) is 1.03. The third-order valence-electron chi connectivity index (χ3n) is 4.67. The van der Waals surface area contributed by atoms with Gasteiger partial charge in [0.25, 0.3) is 0 Å². The maximum Gasteiger partial charge on any atom is 0.234 e. The first-order chi connectivity index (χ1) is 14.2. The Balaban J connectivity index is 1.41. The number of nitrogens with zero attached hydrogens (tertiary/aromatic N) is 4. The van der Waals surface area contributed by atoms with Crippen LogP contribution in [0.15, 0.2) is 42.5 Å². The summed E-state index contributed by atoms with van der Waals surface area (Å²) in [5, 5.41) is 14.0. The van der Waals surface area contributed by atoms with Crippen molar-refractivity contribution in [3.63, 3.8) is 0 Å². The molecule has 3 heterocycles. The van der Waals surface area contributed by atoms with E-state index in [4.69, 9.17) is 24.0 Å². The minimum Gasteiger partial charge on any atom is -0.493 e. The molecule has 8 nitrogen and oxygen atoms in total. The van der Waals surface area contributed by atoms with Gasteiger partial charge in [-0.15, -0.1) is 10.2 Å². The van der Waals surface area contributed by atoms with Gasteiger partial charge < -0.3 is 18.9 Å². The van der Waals surface area contributed by atoms with Gasteiger partial charge >= 0.3 is 0 Å². The zero-order valence-corrected chi connectivity index (χ0v) is 16.7. The van der Waals surface area contributed by atoms with Crippen molar-refractivity contribution in [1.29, 1.82) is 0 Å². The number of methoxy groups -OCH3 is 2. The quantitative estimate of drug-likeness (QED) is 0.499. The lowest BCUT2D eigenvalue weighted by Gasteiger charge is -2.24. The number of hydrogen-bond donors (Lipinski definition) is 0. The molecule has 0 N–H and O–H groups in total. The van der Waals surface area contributed by atoms with Gasteiger partial charge in [0.2, 0.25) is 4.96 Å². The van der Waals surface area contributed by atoms with Gasteiger partial charge in [-0.05, 0) is 29.8 Å². The molecule has 0 bridgehead atoms. The van der Waals surface area contributed by atoms with E-state index in [-0.39, 0.29) is 6.10 Å².